The van der Waals surface area contributed by atoms with Crippen molar-refractivity contribution in [2.75, 3.05) is 7.11 Å². The fourth-order valence-corrected chi connectivity index (χ4v) is 1.37. The zero-order valence-corrected chi connectivity index (χ0v) is 8.12. The molecule has 0 fully saturated rings. The van der Waals surface area contributed by atoms with Gasteiger partial charge in [-0.1, -0.05) is 0 Å². The van der Waals surface area contributed by atoms with E-state index in [4.69, 9.17) is 5.73 Å². The van der Waals surface area contributed by atoms with Gasteiger partial charge in [0.05, 0.1) is 24.5 Å². The maximum Gasteiger partial charge on any atom is 0.328 e. The fourth-order valence-electron chi connectivity index (χ4n) is 1.37. The van der Waals surface area contributed by atoms with Gasteiger partial charge in [-0.3, -0.25) is 0 Å². The van der Waals surface area contributed by atoms with E-state index in [1.807, 2.05) is 0 Å². The summed E-state index contributed by atoms with van der Waals surface area (Å²) in [6.45, 7) is 0. The van der Waals surface area contributed by atoms with Crippen LogP contribution in [0.5, 0.6) is 0 Å². The Kier molecular flexibility index (Phi) is 2.34. The number of aromatic nitrogens is 3. The Hall–Kier alpha value is -1.95. The molecule has 0 aromatic carbocycles. The van der Waals surface area contributed by atoms with Crippen LogP contribution in [0.1, 0.15) is 11.7 Å². The van der Waals surface area contributed by atoms with E-state index in [0.29, 0.717) is 5.69 Å². The number of rotatable bonds is 2. The lowest BCUT2D eigenvalue weighted by Gasteiger charge is -2.08. The third-order valence-corrected chi connectivity index (χ3v) is 2.13. The van der Waals surface area contributed by atoms with Crippen molar-refractivity contribution in [3.8, 4) is 0 Å². The molecule has 78 valence electrons. The predicted octanol–water partition coefficient (Wildman–Crippen LogP) is -0.0979. The summed E-state index contributed by atoms with van der Waals surface area (Å²) in [7, 11) is 1.30. The van der Waals surface area contributed by atoms with Crippen molar-refractivity contribution >= 4 is 11.5 Å². The minimum absolute atomic E-state index is 0.492. The Morgan fingerprint density at radius 2 is 2.40 bits per heavy atom. The smallest absolute Gasteiger partial charge is 0.328 e. The van der Waals surface area contributed by atoms with Crippen LogP contribution in [0.15, 0.2) is 24.7 Å². The SMILES string of the molecule is COC(=O)C(N)c1ccc2cncnn12. The van der Waals surface area contributed by atoms with Gasteiger partial charge >= 0.3 is 5.97 Å². The Morgan fingerprint density at radius 3 is 3.13 bits per heavy atom. The van der Waals surface area contributed by atoms with Gasteiger partial charge in [0.15, 0.2) is 0 Å². The van der Waals surface area contributed by atoms with Gasteiger partial charge in [-0.15, -0.1) is 0 Å². The summed E-state index contributed by atoms with van der Waals surface area (Å²) in [5, 5.41) is 4.00. The van der Waals surface area contributed by atoms with Crippen molar-refractivity contribution < 1.29 is 9.53 Å². The maximum atomic E-state index is 11.2. The van der Waals surface area contributed by atoms with Crippen molar-refractivity contribution in [1.82, 2.24) is 14.6 Å². The Labute approximate surface area is 85.7 Å². The van der Waals surface area contributed by atoms with E-state index >= 15 is 0 Å². The van der Waals surface area contributed by atoms with E-state index in [1.165, 1.54) is 13.4 Å². The number of carbonyl (C=O) groups excluding carboxylic acids is 1. The van der Waals surface area contributed by atoms with E-state index < -0.39 is 12.0 Å². The molecule has 0 aliphatic heterocycles. The van der Waals surface area contributed by atoms with Gasteiger partial charge in [-0.25, -0.2) is 14.3 Å². The van der Waals surface area contributed by atoms with Crippen LogP contribution in [0.4, 0.5) is 0 Å². The molecule has 2 N–H and O–H groups in total. The van der Waals surface area contributed by atoms with Gasteiger partial charge in [0.25, 0.3) is 0 Å². The van der Waals surface area contributed by atoms with Gasteiger partial charge < -0.3 is 10.5 Å². The lowest BCUT2D eigenvalue weighted by atomic mass is 10.2. The van der Waals surface area contributed by atoms with Crippen LogP contribution < -0.4 is 5.73 Å². The lowest BCUT2D eigenvalue weighted by molar-refractivity contribution is -0.142. The Morgan fingerprint density at radius 1 is 1.60 bits per heavy atom. The number of hydrogen-bond acceptors (Lipinski definition) is 5. The van der Waals surface area contributed by atoms with Gasteiger partial charge in [-0.05, 0) is 12.1 Å². The molecule has 2 heterocycles. The number of carbonyl (C=O) groups is 1. The van der Waals surface area contributed by atoms with Crippen LogP contribution in [0.25, 0.3) is 5.52 Å². The Balaban J connectivity index is 2.48. The molecule has 0 aliphatic carbocycles. The monoisotopic (exact) mass is 206 g/mol. The van der Waals surface area contributed by atoms with Crippen molar-refractivity contribution in [2.45, 2.75) is 6.04 Å². The van der Waals surface area contributed by atoms with Crippen molar-refractivity contribution in [2.24, 2.45) is 5.73 Å². The molecular weight excluding hydrogens is 196 g/mol. The zero-order chi connectivity index (χ0) is 10.8. The number of nitrogens with zero attached hydrogens (tertiary/aromatic N) is 3. The van der Waals surface area contributed by atoms with Gasteiger partial charge in [0.2, 0.25) is 0 Å². The first-order valence-corrected chi connectivity index (χ1v) is 4.35. The number of esters is 1. The highest BCUT2D eigenvalue weighted by Crippen LogP contribution is 2.14. The zero-order valence-electron chi connectivity index (χ0n) is 8.12. The third kappa shape index (κ3) is 1.55. The van der Waals surface area contributed by atoms with Crippen LogP contribution >= 0.6 is 0 Å². The first-order chi connectivity index (χ1) is 7.24. The summed E-state index contributed by atoms with van der Waals surface area (Å²) in [5.41, 5.74) is 7.07. The quantitative estimate of drug-likeness (QED) is 0.694. The topological polar surface area (TPSA) is 82.5 Å². The molecule has 0 spiro atoms. The normalized spacial score (nSPS) is 12.7. The maximum absolute atomic E-state index is 11.2. The molecular formula is C9H10N4O2. The van der Waals surface area contributed by atoms with Crippen LogP contribution in [-0.2, 0) is 9.53 Å². The summed E-state index contributed by atoms with van der Waals surface area (Å²) < 4.78 is 6.13. The van der Waals surface area contributed by atoms with Crippen LogP contribution in [-0.4, -0.2) is 27.7 Å². The second kappa shape index (κ2) is 3.66. The average molecular weight is 206 g/mol. The molecule has 2 aromatic heterocycles. The first-order valence-electron chi connectivity index (χ1n) is 4.35. The first kappa shape index (κ1) is 9.60. The molecule has 0 saturated carbocycles. The summed E-state index contributed by atoms with van der Waals surface area (Å²) >= 11 is 0. The van der Waals surface area contributed by atoms with Crippen molar-refractivity contribution in [3.05, 3.63) is 30.4 Å². The van der Waals surface area contributed by atoms with Crippen LogP contribution in [0, 0.1) is 0 Å². The molecule has 1 atom stereocenters. The minimum Gasteiger partial charge on any atom is -0.468 e. The highest BCUT2D eigenvalue weighted by molar-refractivity contribution is 5.77. The molecule has 0 aliphatic rings. The van der Waals surface area contributed by atoms with Crippen molar-refractivity contribution in [3.63, 3.8) is 0 Å². The van der Waals surface area contributed by atoms with E-state index in [9.17, 15) is 4.79 Å². The summed E-state index contributed by atoms with van der Waals surface area (Å²) in [6, 6.07) is 2.69. The number of nitrogens with two attached hydrogens (primary N) is 1. The second-order valence-corrected chi connectivity index (χ2v) is 3.00. The molecule has 0 bridgehead atoms. The summed E-state index contributed by atoms with van der Waals surface area (Å²) in [4.78, 5) is 15.1. The lowest BCUT2D eigenvalue weighted by Crippen LogP contribution is -2.24. The Bertz CT molecular complexity index is 494. The second-order valence-electron chi connectivity index (χ2n) is 3.00. The van der Waals surface area contributed by atoms with E-state index in [0.717, 1.165) is 5.52 Å². The van der Waals surface area contributed by atoms with Gasteiger partial charge in [-0.2, -0.15) is 5.10 Å². The summed E-state index contributed by atoms with van der Waals surface area (Å²) in [5.74, 6) is -0.492. The fraction of sp³-hybridized carbons (Fsp3) is 0.222. The number of ether oxygens (including phenoxy) is 1. The molecule has 15 heavy (non-hydrogen) atoms. The standard InChI is InChI=1S/C9H10N4O2/c1-15-9(14)8(10)7-3-2-6-4-11-5-12-13(6)7/h2-5,8H,10H2,1H3. The average Bonchev–Trinajstić information content (AvgIpc) is 2.70. The van der Waals surface area contributed by atoms with Gasteiger partial charge in [0.1, 0.15) is 12.4 Å². The van der Waals surface area contributed by atoms with Crippen LogP contribution in [0.2, 0.25) is 0 Å². The number of methoxy groups -OCH3 is 1. The molecule has 0 amide bonds. The molecule has 6 heteroatoms. The van der Waals surface area contributed by atoms with E-state index in [2.05, 4.69) is 14.8 Å². The van der Waals surface area contributed by atoms with Crippen molar-refractivity contribution in [1.29, 1.82) is 0 Å². The molecule has 1 unspecified atom stereocenters. The van der Waals surface area contributed by atoms with Gasteiger partial charge in [0, 0.05) is 0 Å². The molecule has 2 rings (SSSR count). The highest BCUT2D eigenvalue weighted by atomic mass is 16.5. The van der Waals surface area contributed by atoms with E-state index in [-0.39, 0.29) is 0 Å². The molecule has 6 nitrogen and oxygen atoms in total. The molecule has 0 radical (unpaired) electrons. The minimum atomic E-state index is -0.826. The van der Waals surface area contributed by atoms with Crippen LogP contribution in [0.3, 0.4) is 0 Å². The number of hydrogen-bond donors (Lipinski definition) is 1. The number of fused-ring (bicyclic) bond motifs is 1. The predicted molar refractivity (Wildman–Crippen MR) is 51.9 cm³/mol. The third-order valence-electron chi connectivity index (χ3n) is 2.13. The molecule has 0 saturated heterocycles. The molecule has 2 aromatic rings. The summed E-state index contributed by atoms with van der Waals surface area (Å²) in [6.07, 6.45) is 3.03. The van der Waals surface area contributed by atoms with E-state index in [1.54, 1.807) is 22.8 Å². The largest absolute Gasteiger partial charge is 0.468 e. The highest BCUT2D eigenvalue weighted by Gasteiger charge is 2.19.